The Morgan fingerprint density at radius 2 is 1.90 bits per heavy atom. The van der Waals surface area contributed by atoms with E-state index in [1.165, 1.54) is 13.0 Å². The molecule has 1 aromatic carbocycles. The second-order valence-electron chi connectivity index (χ2n) is 7.80. The number of likely N-dealkylation sites (tertiary alicyclic amines) is 1. The number of benzene rings is 1. The fourth-order valence-electron chi connectivity index (χ4n) is 3.95. The fourth-order valence-corrected chi connectivity index (χ4v) is 5.41. The van der Waals surface area contributed by atoms with Gasteiger partial charge < -0.3 is 14.9 Å². The molecule has 8 nitrogen and oxygen atoms in total. The molecule has 2 N–H and O–H groups in total. The number of aliphatic hydroxyl groups excluding tert-OH is 1. The van der Waals surface area contributed by atoms with Crippen LogP contribution in [0.4, 0.5) is 5.69 Å². The van der Waals surface area contributed by atoms with E-state index in [1.54, 1.807) is 28.9 Å². The van der Waals surface area contributed by atoms with Crippen molar-refractivity contribution in [2.24, 2.45) is 0 Å². The number of hydrogen-bond donors (Lipinski definition) is 2. The van der Waals surface area contributed by atoms with Crippen LogP contribution in [0.25, 0.3) is 0 Å². The van der Waals surface area contributed by atoms with Crippen molar-refractivity contribution in [2.75, 3.05) is 24.5 Å². The first-order valence-electron chi connectivity index (χ1n) is 10.1. The second-order valence-corrected chi connectivity index (χ2v) is 9.48. The molecule has 0 aromatic heterocycles. The largest absolute Gasteiger partial charge is 0.393 e. The zero-order valence-corrected chi connectivity index (χ0v) is 17.7. The van der Waals surface area contributed by atoms with Crippen LogP contribution in [-0.4, -0.2) is 62.0 Å². The minimum Gasteiger partial charge on any atom is -0.393 e. The van der Waals surface area contributed by atoms with E-state index in [0.29, 0.717) is 50.1 Å². The summed E-state index contributed by atoms with van der Waals surface area (Å²) >= 11 is 0. The van der Waals surface area contributed by atoms with Crippen LogP contribution < -0.4 is 9.62 Å². The highest BCUT2D eigenvalue weighted by Crippen LogP contribution is 2.29. The highest BCUT2D eigenvalue weighted by Gasteiger charge is 2.30. The van der Waals surface area contributed by atoms with Crippen molar-refractivity contribution in [3.63, 3.8) is 0 Å². The Labute approximate surface area is 171 Å². The van der Waals surface area contributed by atoms with Gasteiger partial charge in [0.15, 0.2) is 0 Å². The maximum Gasteiger partial charge on any atom is 0.241 e. The number of nitrogens with zero attached hydrogens (tertiary/aromatic N) is 2. The van der Waals surface area contributed by atoms with Crippen molar-refractivity contribution in [2.45, 2.75) is 63.0 Å². The zero-order chi connectivity index (χ0) is 21.2. The minimum absolute atomic E-state index is 0.00214. The molecule has 2 amide bonds. The highest BCUT2D eigenvalue weighted by atomic mass is 32.2. The van der Waals surface area contributed by atoms with Crippen molar-refractivity contribution >= 4 is 27.5 Å². The average molecular weight is 424 g/mol. The van der Waals surface area contributed by atoms with Gasteiger partial charge in [-0.2, -0.15) is 4.72 Å². The average Bonchev–Trinajstić information content (AvgIpc) is 2.68. The lowest BCUT2D eigenvalue weighted by Crippen LogP contribution is -2.50. The second kappa shape index (κ2) is 8.81. The fraction of sp³-hybridized carbons (Fsp3) is 0.600. The Bertz CT molecular complexity index is 878. The Morgan fingerprint density at radius 1 is 1.21 bits per heavy atom. The summed E-state index contributed by atoms with van der Waals surface area (Å²) in [7, 11) is -3.95. The highest BCUT2D eigenvalue weighted by molar-refractivity contribution is 7.89. The van der Waals surface area contributed by atoms with Gasteiger partial charge in [0.2, 0.25) is 21.8 Å². The Hall–Kier alpha value is -1.97. The number of piperidine rings is 2. The number of aliphatic hydroxyl groups is 1. The lowest BCUT2D eigenvalue weighted by Gasteiger charge is -2.32. The van der Waals surface area contributed by atoms with Gasteiger partial charge in [-0.15, -0.1) is 0 Å². The molecule has 2 heterocycles. The number of amides is 2. The molecular formula is C20H29N3O5S. The molecule has 0 aliphatic carbocycles. The Kier molecular flexibility index (Phi) is 6.60. The van der Waals surface area contributed by atoms with E-state index >= 15 is 0 Å². The standard InChI is InChI=1S/C20H29N3O5S/c1-14-17(23-11-4-3-8-19(23)25)6-5-7-18(14)29(27,28)21-15(2)20(26)22-12-9-16(24)10-13-22/h5-7,15-16,21,24H,3-4,8-13H2,1-2H3/t15-/m0/s1. The SMILES string of the molecule is Cc1c(N2CCCCC2=O)cccc1S(=O)(=O)N[C@@H](C)C(=O)N1CCC(O)CC1. The molecule has 2 saturated heterocycles. The summed E-state index contributed by atoms with van der Waals surface area (Å²) < 4.78 is 28.5. The van der Waals surface area contributed by atoms with E-state index in [4.69, 9.17) is 0 Å². The van der Waals surface area contributed by atoms with E-state index in [0.717, 1.165) is 12.8 Å². The van der Waals surface area contributed by atoms with Gasteiger partial charge in [0.1, 0.15) is 0 Å². The number of anilines is 1. The smallest absolute Gasteiger partial charge is 0.241 e. The molecule has 9 heteroatoms. The van der Waals surface area contributed by atoms with Crippen LogP contribution in [0.2, 0.25) is 0 Å². The molecule has 160 valence electrons. The summed E-state index contributed by atoms with van der Waals surface area (Å²) in [5, 5.41) is 9.59. The summed E-state index contributed by atoms with van der Waals surface area (Å²) in [5.74, 6) is -0.307. The van der Waals surface area contributed by atoms with Crippen LogP contribution in [0.1, 0.15) is 44.6 Å². The van der Waals surface area contributed by atoms with Gasteiger partial charge in [-0.05, 0) is 57.2 Å². The maximum atomic E-state index is 13.0. The lowest BCUT2D eigenvalue weighted by molar-refractivity contribution is -0.134. The quantitative estimate of drug-likeness (QED) is 0.739. The molecule has 0 saturated carbocycles. The number of hydrogen-bond acceptors (Lipinski definition) is 5. The lowest BCUT2D eigenvalue weighted by atomic mass is 10.1. The third-order valence-electron chi connectivity index (χ3n) is 5.64. The van der Waals surface area contributed by atoms with Gasteiger partial charge in [0, 0.05) is 31.7 Å². The van der Waals surface area contributed by atoms with Crippen LogP contribution in [0.3, 0.4) is 0 Å². The number of sulfonamides is 1. The Morgan fingerprint density at radius 3 is 2.55 bits per heavy atom. The summed E-state index contributed by atoms with van der Waals surface area (Å²) in [6.07, 6.45) is 2.78. The first-order valence-corrected chi connectivity index (χ1v) is 11.6. The number of carbonyl (C=O) groups excluding carboxylic acids is 2. The van der Waals surface area contributed by atoms with Gasteiger partial charge in [-0.25, -0.2) is 8.42 Å². The molecule has 29 heavy (non-hydrogen) atoms. The number of carbonyl (C=O) groups is 2. The molecule has 0 radical (unpaired) electrons. The Balaban J connectivity index is 1.78. The topological polar surface area (TPSA) is 107 Å². The third-order valence-corrected chi connectivity index (χ3v) is 7.32. The predicted molar refractivity (Wildman–Crippen MR) is 109 cm³/mol. The monoisotopic (exact) mass is 423 g/mol. The zero-order valence-electron chi connectivity index (χ0n) is 16.9. The normalized spacial score (nSPS) is 20.0. The summed E-state index contributed by atoms with van der Waals surface area (Å²) in [6.45, 7) is 4.62. The van der Waals surface area contributed by atoms with Gasteiger partial charge in [0.05, 0.1) is 17.0 Å². The summed E-state index contributed by atoms with van der Waals surface area (Å²) in [4.78, 5) is 28.2. The minimum atomic E-state index is -3.95. The van der Waals surface area contributed by atoms with Crippen LogP contribution in [0.15, 0.2) is 23.1 Å². The maximum absolute atomic E-state index is 13.0. The predicted octanol–water partition coefficient (Wildman–Crippen LogP) is 1.16. The molecule has 0 unspecified atom stereocenters. The first kappa shape index (κ1) is 21.7. The van der Waals surface area contributed by atoms with Crippen LogP contribution in [-0.2, 0) is 19.6 Å². The molecule has 2 aliphatic heterocycles. The molecule has 1 aromatic rings. The van der Waals surface area contributed by atoms with Crippen LogP contribution in [0.5, 0.6) is 0 Å². The van der Waals surface area contributed by atoms with E-state index in [9.17, 15) is 23.1 Å². The van der Waals surface area contributed by atoms with Gasteiger partial charge >= 0.3 is 0 Å². The summed E-state index contributed by atoms with van der Waals surface area (Å²) in [5.41, 5.74) is 1.09. The van der Waals surface area contributed by atoms with Gasteiger partial charge in [0.25, 0.3) is 0 Å². The molecule has 2 aliphatic rings. The molecule has 3 rings (SSSR count). The van der Waals surface area contributed by atoms with E-state index in [1.807, 2.05) is 0 Å². The van der Waals surface area contributed by atoms with Crippen molar-refractivity contribution in [1.82, 2.24) is 9.62 Å². The van der Waals surface area contributed by atoms with Crippen LogP contribution >= 0.6 is 0 Å². The van der Waals surface area contributed by atoms with Crippen molar-refractivity contribution in [3.05, 3.63) is 23.8 Å². The first-order chi connectivity index (χ1) is 13.7. The van der Waals surface area contributed by atoms with E-state index in [-0.39, 0.29) is 16.7 Å². The van der Waals surface area contributed by atoms with E-state index < -0.39 is 22.2 Å². The molecular weight excluding hydrogens is 394 g/mol. The van der Waals surface area contributed by atoms with Crippen molar-refractivity contribution in [1.29, 1.82) is 0 Å². The molecule has 1 atom stereocenters. The third kappa shape index (κ3) is 4.79. The molecule has 0 spiro atoms. The van der Waals surface area contributed by atoms with Gasteiger partial charge in [-0.1, -0.05) is 6.07 Å². The van der Waals surface area contributed by atoms with E-state index in [2.05, 4.69) is 4.72 Å². The molecule has 0 bridgehead atoms. The number of rotatable bonds is 5. The number of nitrogens with one attached hydrogen (secondary N) is 1. The van der Waals surface area contributed by atoms with Crippen LogP contribution in [0, 0.1) is 6.92 Å². The summed E-state index contributed by atoms with van der Waals surface area (Å²) in [6, 6.07) is 3.95. The molecule has 2 fully saturated rings. The van der Waals surface area contributed by atoms with Crippen molar-refractivity contribution in [3.8, 4) is 0 Å². The van der Waals surface area contributed by atoms with Crippen molar-refractivity contribution < 1.29 is 23.1 Å². The van der Waals surface area contributed by atoms with Gasteiger partial charge in [-0.3, -0.25) is 9.59 Å².